The van der Waals surface area contributed by atoms with Gasteiger partial charge in [-0.15, -0.1) is 0 Å². The highest BCUT2D eigenvalue weighted by Gasteiger charge is 2.22. The number of hydrogen-bond donors (Lipinski definition) is 2. The van der Waals surface area contributed by atoms with Crippen LogP contribution in [-0.2, 0) is 9.84 Å². The van der Waals surface area contributed by atoms with Gasteiger partial charge in [0.25, 0.3) is 5.91 Å². The molecule has 0 aliphatic carbocycles. The molecule has 0 unspecified atom stereocenters. The molecular formula is C17H13FN2O5S. The van der Waals surface area contributed by atoms with Crippen molar-refractivity contribution in [1.82, 2.24) is 5.32 Å². The minimum atomic E-state index is -3.53. The highest BCUT2D eigenvalue weighted by molar-refractivity contribution is 7.94. The first-order valence-corrected chi connectivity index (χ1v) is 8.88. The van der Waals surface area contributed by atoms with E-state index >= 15 is 0 Å². The quantitative estimate of drug-likeness (QED) is 0.857. The van der Waals surface area contributed by atoms with Crippen LogP contribution in [0, 0.1) is 5.82 Å². The van der Waals surface area contributed by atoms with E-state index in [1.807, 2.05) is 5.32 Å². The standard InChI is InChI=1S/C17H13FN2O5S/c1-25-13-4-2-3-12(18)15(13)16(21)20-17(22)19-11-6-5-10-7-8-26(23,24)14(10)9-11/h2-9H,1H3,(H2,19,20,21,22). The molecule has 0 atom stereocenters. The van der Waals surface area contributed by atoms with E-state index in [-0.39, 0.29) is 16.3 Å². The van der Waals surface area contributed by atoms with Crippen LogP contribution in [0.5, 0.6) is 5.75 Å². The third-order valence-electron chi connectivity index (χ3n) is 3.65. The van der Waals surface area contributed by atoms with E-state index in [9.17, 15) is 22.4 Å². The molecule has 26 heavy (non-hydrogen) atoms. The van der Waals surface area contributed by atoms with Gasteiger partial charge in [-0.2, -0.15) is 0 Å². The van der Waals surface area contributed by atoms with E-state index in [4.69, 9.17) is 4.74 Å². The van der Waals surface area contributed by atoms with Gasteiger partial charge in [-0.25, -0.2) is 17.6 Å². The average molecular weight is 376 g/mol. The lowest BCUT2D eigenvalue weighted by Gasteiger charge is -2.11. The normalized spacial score (nSPS) is 13.8. The smallest absolute Gasteiger partial charge is 0.326 e. The molecule has 3 rings (SSSR count). The molecular weight excluding hydrogens is 363 g/mol. The number of nitrogens with one attached hydrogen (secondary N) is 2. The summed E-state index contributed by atoms with van der Waals surface area (Å²) in [5.74, 6) is -1.86. The molecule has 1 heterocycles. The summed E-state index contributed by atoms with van der Waals surface area (Å²) in [7, 11) is -2.26. The van der Waals surface area contributed by atoms with Crippen molar-refractivity contribution in [2.75, 3.05) is 12.4 Å². The van der Waals surface area contributed by atoms with Crippen LogP contribution in [0.1, 0.15) is 15.9 Å². The molecule has 3 amide bonds. The van der Waals surface area contributed by atoms with E-state index in [0.29, 0.717) is 5.56 Å². The summed E-state index contributed by atoms with van der Waals surface area (Å²) in [5.41, 5.74) is 0.260. The Hall–Kier alpha value is -3.20. The Labute approximate surface area is 148 Å². The van der Waals surface area contributed by atoms with Gasteiger partial charge >= 0.3 is 6.03 Å². The summed E-state index contributed by atoms with van der Waals surface area (Å²) >= 11 is 0. The lowest BCUT2D eigenvalue weighted by atomic mass is 10.1. The van der Waals surface area contributed by atoms with Crippen molar-refractivity contribution in [1.29, 1.82) is 0 Å². The lowest BCUT2D eigenvalue weighted by Crippen LogP contribution is -2.35. The van der Waals surface area contributed by atoms with Crippen molar-refractivity contribution in [3.63, 3.8) is 0 Å². The molecule has 1 aliphatic rings. The summed E-state index contributed by atoms with van der Waals surface area (Å²) < 4.78 is 42.4. The summed E-state index contributed by atoms with van der Waals surface area (Å²) in [6.07, 6.45) is 1.45. The number of carbonyl (C=O) groups excluding carboxylic acids is 2. The van der Waals surface area contributed by atoms with Crippen molar-refractivity contribution in [3.8, 4) is 5.75 Å². The predicted molar refractivity (Wildman–Crippen MR) is 92.1 cm³/mol. The van der Waals surface area contributed by atoms with Crippen LogP contribution >= 0.6 is 0 Å². The second-order valence-electron chi connectivity index (χ2n) is 5.33. The number of hydrogen-bond acceptors (Lipinski definition) is 5. The molecule has 0 radical (unpaired) electrons. The van der Waals surface area contributed by atoms with Gasteiger partial charge in [0.1, 0.15) is 17.1 Å². The molecule has 7 nitrogen and oxygen atoms in total. The zero-order valence-electron chi connectivity index (χ0n) is 13.4. The van der Waals surface area contributed by atoms with Crippen LogP contribution in [0.3, 0.4) is 0 Å². The number of anilines is 1. The van der Waals surface area contributed by atoms with Gasteiger partial charge in [-0.1, -0.05) is 12.1 Å². The molecule has 9 heteroatoms. The monoisotopic (exact) mass is 376 g/mol. The molecule has 0 saturated heterocycles. The van der Waals surface area contributed by atoms with Crippen molar-refractivity contribution in [3.05, 3.63) is 58.8 Å². The highest BCUT2D eigenvalue weighted by Crippen LogP contribution is 2.29. The fraction of sp³-hybridized carbons (Fsp3) is 0.0588. The van der Waals surface area contributed by atoms with Crippen molar-refractivity contribution >= 4 is 33.5 Å². The van der Waals surface area contributed by atoms with E-state index in [1.165, 1.54) is 43.5 Å². The summed E-state index contributed by atoms with van der Waals surface area (Å²) in [4.78, 5) is 24.2. The van der Waals surface area contributed by atoms with Crippen molar-refractivity contribution < 1.29 is 27.1 Å². The largest absolute Gasteiger partial charge is 0.496 e. The zero-order valence-corrected chi connectivity index (χ0v) is 14.3. The first-order valence-electron chi connectivity index (χ1n) is 7.34. The van der Waals surface area contributed by atoms with Crippen molar-refractivity contribution in [2.24, 2.45) is 0 Å². The van der Waals surface area contributed by atoms with E-state index < -0.39 is 33.2 Å². The molecule has 0 aromatic heterocycles. The maximum atomic E-state index is 13.9. The Morgan fingerprint density at radius 3 is 2.65 bits per heavy atom. The maximum Gasteiger partial charge on any atom is 0.326 e. The molecule has 0 spiro atoms. The lowest BCUT2D eigenvalue weighted by molar-refractivity contribution is 0.0960. The van der Waals surface area contributed by atoms with Crippen LogP contribution in [0.25, 0.3) is 6.08 Å². The molecule has 0 saturated carbocycles. The van der Waals surface area contributed by atoms with Crippen LogP contribution in [0.2, 0.25) is 0 Å². The van der Waals surface area contributed by atoms with Crippen LogP contribution < -0.4 is 15.4 Å². The number of urea groups is 1. The van der Waals surface area contributed by atoms with Crippen LogP contribution in [0.15, 0.2) is 46.7 Å². The number of fused-ring (bicyclic) bond motifs is 1. The molecule has 134 valence electrons. The molecule has 2 N–H and O–H groups in total. The van der Waals surface area contributed by atoms with Gasteiger partial charge in [-0.05, 0) is 35.9 Å². The minimum absolute atomic E-state index is 0.0231. The third kappa shape index (κ3) is 3.29. The van der Waals surface area contributed by atoms with Gasteiger partial charge in [0.15, 0.2) is 0 Å². The summed E-state index contributed by atoms with van der Waals surface area (Å²) in [6, 6.07) is 7.15. The molecule has 2 aromatic rings. The Balaban J connectivity index is 1.76. The van der Waals surface area contributed by atoms with Gasteiger partial charge in [0.05, 0.1) is 12.0 Å². The van der Waals surface area contributed by atoms with Crippen molar-refractivity contribution in [2.45, 2.75) is 4.90 Å². The number of rotatable bonds is 3. The number of amides is 3. The number of methoxy groups -OCH3 is 1. The molecule has 0 fully saturated rings. The number of ether oxygens (including phenoxy) is 1. The highest BCUT2D eigenvalue weighted by atomic mass is 32.2. The topological polar surface area (TPSA) is 102 Å². The fourth-order valence-electron chi connectivity index (χ4n) is 2.46. The van der Waals surface area contributed by atoms with E-state index in [2.05, 4.69) is 5.32 Å². The fourth-order valence-corrected chi connectivity index (χ4v) is 3.68. The average Bonchev–Trinajstić information content (AvgIpc) is 2.89. The molecule has 0 bridgehead atoms. The number of benzene rings is 2. The summed E-state index contributed by atoms with van der Waals surface area (Å²) in [5, 5.41) is 5.38. The second-order valence-corrected chi connectivity index (χ2v) is 7.13. The van der Waals surface area contributed by atoms with Gasteiger partial charge < -0.3 is 10.1 Å². The second kappa shape index (κ2) is 6.60. The molecule has 2 aromatic carbocycles. The number of sulfone groups is 1. The Morgan fingerprint density at radius 2 is 1.92 bits per heavy atom. The Morgan fingerprint density at radius 1 is 1.15 bits per heavy atom. The van der Waals surface area contributed by atoms with Gasteiger partial charge in [0.2, 0.25) is 9.84 Å². The van der Waals surface area contributed by atoms with Crippen LogP contribution in [-0.4, -0.2) is 27.5 Å². The Bertz CT molecular complexity index is 1050. The SMILES string of the molecule is COc1cccc(F)c1C(=O)NC(=O)Nc1ccc2c(c1)S(=O)(=O)C=C2. The zero-order chi connectivity index (χ0) is 18.9. The van der Waals surface area contributed by atoms with Gasteiger partial charge in [-0.3, -0.25) is 10.1 Å². The minimum Gasteiger partial charge on any atom is -0.496 e. The Kier molecular flexibility index (Phi) is 4.47. The maximum absolute atomic E-state index is 13.9. The van der Waals surface area contributed by atoms with Gasteiger partial charge in [0, 0.05) is 11.1 Å². The predicted octanol–water partition coefficient (Wildman–Crippen LogP) is 2.55. The van der Waals surface area contributed by atoms with E-state index in [1.54, 1.807) is 0 Å². The van der Waals surface area contributed by atoms with Crippen LogP contribution in [0.4, 0.5) is 14.9 Å². The summed E-state index contributed by atoms with van der Waals surface area (Å²) in [6.45, 7) is 0. The van der Waals surface area contributed by atoms with E-state index in [0.717, 1.165) is 11.5 Å². The number of carbonyl (C=O) groups is 2. The number of imide groups is 1. The molecule has 1 aliphatic heterocycles. The first kappa shape index (κ1) is 17.6. The number of halogens is 1. The third-order valence-corrected chi connectivity index (χ3v) is 5.12. The first-order chi connectivity index (χ1) is 12.3.